The summed E-state index contributed by atoms with van der Waals surface area (Å²) >= 11 is 0. The lowest BCUT2D eigenvalue weighted by atomic mass is 10.1. The molecule has 0 N–H and O–H groups in total. The van der Waals surface area contributed by atoms with E-state index in [4.69, 9.17) is 9.47 Å². The average molecular weight is 263 g/mol. The fourth-order valence-electron chi connectivity index (χ4n) is 2.43. The first kappa shape index (κ1) is 13.9. The largest absolute Gasteiger partial charge is 0.493 e. The number of nitrogens with zero attached hydrogens (tertiary/aromatic N) is 1. The Balaban J connectivity index is 1.95. The Morgan fingerprint density at radius 1 is 1.47 bits per heavy atom. The number of hydrogen-bond donors (Lipinski definition) is 0. The molecule has 0 aromatic heterocycles. The molecule has 19 heavy (non-hydrogen) atoms. The van der Waals surface area contributed by atoms with Crippen LogP contribution >= 0.6 is 0 Å². The van der Waals surface area contributed by atoms with E-state index >= 15 is 0 Å². The molecule has 0 radical (unpaired) electrons. The van der Waals surface area contributed by atoms with E-state index in [-0.39, 0.29) is 5.97 Å². The van der Waals surface area contributed by atoms with E-state index in [9.17, 15) is 4.79 Å². The van der Waals surface area contributed by atoms with Gasteiger partial charge in [-0.2, -0.15) is 0 Å². The van der Waals surface area contributed by atoms with Crippen LogP contribution < -0.4 is 4.74 Å². The first-order chi connectivity index (χ1) is 9.10. The Labute approximate surface area is 114 Å². The Kier molecular flexibility index (Phi) is 4.43. The molecule has 4 nitrogen and oxygen atoms in total. The number of carbonyl (C=O) groups is 1. The highest BCUT2D eigenvalue weighted by Gasteiger charge is 2.20. The standard InChI is InChI=1S/C15H21NO3/c1-11-8-13(15(17)18-3)4-5-14(11)19-10-12-6-7-16(2)9-12/h4-5,8,12H,6-7,9-10H2,1-3H3. The number of carbonyl (C=O) groups excluding carboxylic acids is 1. The number of aryl methyl sites for hydroxylation is 1. The summed E-state index contributed by atoms with van der Waals surface area (Å²) in [5.74, 6) is 1.14. The summed E-state index contributed by atoms with van der Waals surface area (Å²) in [6.45, 7) is 4.93. The van der Waals surface area contributed by atoms with E-state index in [1.165, 1.54) is 13.5 Å². The van der Waals surface area contributed by atoms with E-state index in [0.717, 1.165) is 31.0 Å². The lowest BCUT2D eigenvalue weighted by Gasteiger charge is -2.14. The molecule has 1 saturated heterocycles. The van der Waals surface area contributed by atoms with Crippen molar-refractivity contribution in [2.75, 3.05) is 33.9 Å². The monoisotopic (exact) mass is 263 g/mol. The molecule has 0 aliphatic carbocycles. The molecular weight excluding hydrogens is 242 g/mol. The van der Waals surface area contributed by atoms with E-state index in [1.807, 2.05) is 19.1 Å². The van der Waals surface area contributed by atoms with E-state index < -0.39 is 0 Å². The van der Waals surface area contributed by atoms with Crippen molar-refractivity contribution >= 4 is 5.97 Å². The molecule has 104 valence electrons. The van der Waals surface area contributed by atoms with Crippen molar-refractivity contribution in [3.05, 3.63) is 29.3 Å². The van der Waals surface area contributed by atoms with Crippen molar-refractivity contribution in [2.24, 2.45) is 5.92 Å². The van der Waals surface area contributed by atoms with Gasteiger partial charge in [-0.15, -0.1) is 0 Å². The van der Waals surface area contributed by atoms with Gasteiger partial charge in [0.2, 0.25) is 0 Å². The maximum absolute atomic E-state index is 11.4. The predicted molar refractivity (Wildman–Crippen MR) is 73.6 cm³/mol. The third kappa shape index (κ3) is 3.47. The smallest absolute Gasteiger partial charge is 0.337 e. The Morgan fingerprint density at radius 3 is 2.84 bits per heavy atom. The zero-order chi connectivity index (χ0) is 13.8. The summed E-state index contributed by atoms with van der Waals surface area (Å²) in [7, 11) is 3.52. The average Bonchev–Trinajstić information content (AvgIpc) is 2.82. The lowest BCUT2D eigenvalue weighted by molar-refractivity contribution is 0.0600. The van der Waals surface area contributed by atoms with Gasteiger partial charge < -0.3 is 14.4 Å². The summed E-state index contributed by atoms with van der Waals surface area (Å²) in [5, 5.41) is 0. The van der Waals surface area contributed by atoms with Gasteiger partial charge in [0.25, 0.3) is 0 Å². The second-order valence-corrected chi connectivity index (χ2v) is 5.20. The van der Waals surface area contributed by atoms with Crippen LogP contribution in [-0.4, -0.2) is 44.7 Å². The maximum atomic E-state index is 11.4. The number of hydrogen-bond acceptors (Lipinski definition) is 4. The van der Waals surface area contributed by atoms with Crippen LogP contribution in [0.3, 0.4) is 0 Å². The fraction of sp³-hybridized carbons (Fsp3) is 0.533. The molecule has 1 aromatic carbocycles. The van der Waals surface area contributed by atoms with Crippen LogP contribution in [0.1, 0.15) is 22.3 Å². The Hall–Kier alpha value is -1.55. The fourth-order valence-corrected chi connectivity index (χ4v) is 2.43. The second kappa shape index (κ2) is 6.06. The highest BCUT2D eigenvalue weighted by Crippen LogP contribution is 2.22. The molecule has 1 aliphatic heterocycles. The van der Waals surface area contributed by atoms with Gasteiger partial charge in [0, 0.05) is 12.5 Å². The zero-order valence-electron chi connectivity index (χ0n) is 11.8. The number of ether oxygens (including phenoxy) is 2. The molecule has 1 fully saturated rings. The zero-order valence-corrected chi connectivity index (χ0v) is 11.8. The molecule has 0 spiro atoms. The minimum absolute atomic E-state index is 0.313. The van der Waals surface area contributed by atoms with Gasteiger partial charge in [0.15, 0.2) is 0 Å². The van der Waals surface area contributed by atoms with Gasteiger partial charge in [0.05, 0.1) is 19.3 Å². The van der Waals surface area contributed by atoms with Gasteiger partial charge >= 0.3 is 5.97 Å². The van der Waals surface area contributed by atoms with Crippen molar-refractivity contribution in [1.29, 1.82) is 0 Å². The van der Waals surface area contributed by atoms with Crippen LogP contribution in [0.15, 0.2) is 18.2 Å². The van der Waals surface area contributed by atoms with Crippen LogP contribution in [0, 0.1) is 12.8 Å². The summed E-state index contributed by atoms with van der Waals surface area (Å²) in [4.78, 5) is 13.7. The maximum Gasteiger partial charge on any atom is 0.337 e. The van der Waals surface area contributed by atoms with Gasteiger partial charge in [-0.1, -0.05) is 0 Å². The molecule has 0 amide bonds. The number of esters is 1. The SMILES string of the molecule is COC(=O)c1ccc(OCC2CCN(C)C2)c(C)c1. The van der Waals surface area contributed by atoms with Gasteiger partial charge in [-0.25, -0.2) is 4.79 Å². The molecule has 0 bridgehead atoms. The molecule has 1 unspecified atom stereocenters. The van der Waals surface area contributed by atoms with Gasteiger partial charge in [-0.05, 0) is 50.7 Å². The molecule has 1 atom stereocenters. The van der Waals surface area contributed by atoms with Crippen molar-refractivity contribution in [1.82, 2.24) is 4.90 Å². The number of benzene rings is 1. The molecule has 4 heteroatoms. The number of likely N-dealkylation sites (tertiary alicyclic amines) is 1. The van der Waals surface area contributed by atoms with Crippen LogP contribution in [0.2, 0.25) is 0 Å². The van der Waals surface area contributed by atoms with Crippen molar-refractivity contribution < 1.29 is 14.3 Å². The van der Waals surface area contributed by atoms with Crippen LogP contribution in [0.4, 0.5) is 0 Å². The highest BCUT2D eigenvalue weighted by atomic mass is 16.5. The van der Waals surface area contributed by atoms with E-state index in [1.54, 1.807) is 6.07 Å². The second-order valence-electron chi connectivity index (χ2n) is 5.20. The molecule has 1 aromatic rings. The predicted octanol–water partition coefficient (Wildman–Crippen LogP) is 2.11. The Morgan fingerprint density at radius 2 is 2.26 bits per heavy atom. The highest BCUT2D eigenvalue weighted by molar-refractivity contribution is 5.89. The molecule has 1 heterocycles. The van der Waals surface area contributed by atoms with Crippen molar-refractivity contribution in [3.8, 4) is 5.75 Å². The van der Waals surface area contributed by atoms with Gasteiger partial charge in [-0.3, -0.25) is 0 Å². The van der Waals surface area contributed by atoms with Crippen molar-refractivity contribution in [3.63, 3.8) is 0 Å². The minimum Gasteiger partial charge on any atom is -0.493 e. The summed E-state index contributed by atoms with van der Waals surface area (Å²) in [6.07, 6.45) is 1.19. The number of rotatable bonds is 4. The van der Waals surface area contributed by atoms with Crippen LogP contribution in [0.5, 0.6) is 5.75 Å². The normalized spacial score (nSPS) is 19.4. The third-order valence-electron chi connectivity index (χ3n) is 3.56. The summed E-state index contributed by atoms with van der Waals surface area (Å²) in [5.41, 5.74) is 1.53. The third-order valence-corrected chi connectivity index (χ3v) is 3.56. The molecular formula is C15H21NO3. The first-order valence-electron chi connectivity index (χ1n) is 6.60. The van der Waals surface area contributed by atoms with E-state index in [0.29, 0.717) is 11.5 Å². The topological polar surface area (TPSA) is 38.8 Å². The molecule has 0 saturated carbocycles. The van der Waals surface area contributed by atoms with Crippen LogP contribution in [-0.2, 0) is 4.74 Å². The number of methoxy groups -OCH3 is 1. The van der Waals surface area contributed by atoms with E-state index in [2.05, 4.69) is 11.9 Å². The first-order valence-corrected chi connectivity index (χ1v) is 6.60. The van der Waals surface area contributed by atoms with Crippen LogP contribution in [0.25, 0.3) is 0 Å². The molecule has 1 aliphatic rings. The summed E-state index contributed by atoms with van der Waals surface area (Å²) in [6, 6.07) is 5.40. The van der Waals surface area contributed by atoms with Crippen molar-refractivity contribution in [2.45, 2.75) is 13.3 Å². The van der Waals surface area contributed by atoms with Gasteiger partial charge in [0.1, 0.15) is 5.75 Å². The summed E-state index contributed by atoms with van der Waals surface area (Å²) < 4.78 is 10.6. The Bertz CT molecular complexity index is 459. The quantitative estimate of drug-likeness (QED) is 0.780. The lowest BCUT2D eigenvalue weighted by Crippen LogP contribution is -2.18. The minimum atomic E-state index is -0.313. The molecule has 2 rings (SSSR count).